The lowest BCUT2D eigenvalue weighted by molar-refractivity contribution is 0.0729. The average molecular weight is 487 g/mol. The largest absolute Gasteiger partial charge is 0.507 e. The standard InChI is InChI=1S/C27H26N4O5/c1-15-7-8-19(32)18(10-15)23-22-24(30-29-23)27(33)31(14-16-6-5-9-28-13-16)25(22)17-11-20(34-2)26(36-4)21(12-17)35-3/h5-13,25,32H,14H2,1-4H3,(H,29,30)/t25-/m0/s1. The number of aromatic nitrogens is 3. The highest BCUT2D eigenvalue weighted by molar-refractivity contribution is 6.00. The molecule has 2 aromatic carbocycles. The number of nitrogens with one attached hydrogen (secondary N) is 1. The number of hydrogen-bond donors (Lipinski definition) is 2. The van der Waals surface area contributed by atoms with Crippen LogP contribution in [0.2, 0.25) is 0 Å². The van der Waals surface area contributed by atoms with Gasteiger partial charge < -0.3 is 24.2 Å². The van der Waals surface area contributed by atoms with Crippen molar-refractivity contribution in [1.82, 2.24) is 20.1 Å². The molecule has 1 aliphatic rings. The van der Waals surface area contributed by atoms with Crippen LogP contribution >= 0.6 is 0 Å². The van der Waals surface area contributed by atoms with Gasteiger partial charge in [0.1, 0.15) is 17.1 Å². The van der Waals surface area contributed by atoms with Gasteiger partial charge in [-0.25, -0.2) is 0 Å². The fourth-order valence-electron chi connectivity index (χ4n) is 4.70. The second-order valence-corrected chi connectivity index (χ2v) is 8.54. The molecule has 0 saturated carbocycles. The number of benzene rings is 2. The first-order chi connectivity index (χ1) is 17.5. The Morgan fingerprint density at radius 2 is 1.81 bits per heavy atom. The van der Waals surface area contributed by atoms with Crippen molar-refractivity contribution in [2.75, 3.05) is 21.3 Å². The second-order valence-electron chi connectivity index (χ2n) is 8.54. The van der Waals surface area contributed by atoms with E-state index in [-0.39, 0.29) is 11.7 Å². The van der Waals surface area contributed by atoms with Gasteiger partial charge in [-0.1, -0.05) is 17.7 Å². The van der Waals surface area contributed by atoms with Crippen molar-refractivity contribution in [2.45, 2.75) is 19.5 Å². The lowest BCUT2D eigenvalue weighted by Crippen LogP contribution is -2.29. The molecule has 4 aromatic rings. The van der Waals surface area contributed by atoms with Gasteiger partial charge in [0, 0.05) is 30.1 Å². The SMILES string of the molecule is COc1cc([C@H]2c3c(-c4cc(C)ccc4O)n[nH]c3C(=O)N2Cc2cccnc2)cc(OC)c1OC. The number of amides is 1. The van der Waals surface area contributed by atoms with E-state index in [2.05, 4.69) is 15.2 Å². The highest BCUT2D eigenvalue weighted by atomic mass is 16.5. The molecule has 0 aliphatic carbocycles. The Balaban J connectivity index is 1.73. The summed E-state index contributed by atoms with van der Waals surface area (Å²) in [5, 5.41) is 18.1. The third-order valence-electron chi connectivity index (χ3n) is 6.35. The lowest BCUT2D eigenvalue weighted by atomic mass is 9.94. The third kappa shape index (κ3) is 3.78. The van der Waals surface area contributed by atoms with Gasteiger partial charge in [0.05, 0.1) is 27.4 Å². The summed E-state index contributed by atoms with van der Waals surface area (Å²) in [4.78, 5) is 19.6. The van der Waals surface area contributed by atoms with E-state index in [0.29, 0.717) is 46.3 Å². The molecular formula is C27H26N4O5. The Morgan fingerprint density at radius 3 is 2.44 bits per heavy atom. The number of carbonyl (C=O) groups is 1. The molecule has 0 bridgehead atoms. The molecule has 1 atom stereocenters. The van der Waals surface area contributed by atoms with Gasteiger partial charge in [-0.3, -0.25) is 14.9 Å². The molecule has 184 valence electrons. The van der Waals surface area contributed by atoms with Crippen molar-refractivity contribution in [1.29, 1.82) is 0 Å². The number of nitrogens with zero attached hydrogens (tertiary/aromatic N) is 3. The number of aromatic amines is 1. The number of methoxy groups -OCH3 is 3. The molecule has 2 aromatic heterocycles. The van der Waals surface area contributed by atoms with E-state index in [1.165, 1.54) is 0 Å². The highest BCUT2D eigenvalue weighted by Crippen LogP contribution is 2.48. The van der Waals surface area contributed by atoms with Crippen LogP contribution < -0.4 is 14.2 Å². The van der Waals surface area contributed by atoms with Crippen molar-refractivity contribution in [3.05, 3.63) is 82.8 Å². The van der Waals surface area contributed by atoms with E-state index in [9.17, 15) is 9.90 Å². The summed E-state index contributed by atoms with van der Waals surface area (Å²) in [6.45, 7) is 2.25. The summed E-state index contributed by atoms with van der Waals surface area (Å²) >= 11 is 0. The quantitative estimate of drug-likeness (QED) is 0.402. The van der Waals surface area contributed by atoms with Gasteiger partial charge in [-0.05, 0) is 48.4 Å². The van der Waals surface area contributed by atoms with Crippen LogP contribution in [0.15, 0.2) is 54.9 Å². The Bertz CT molecular complexity index is 1410. The normalized spacial score (nSPS) is 14.6. The first kappa shape index (κ1) is 23.2. The van der Waals surface area contributed by atoms with E-state index in [1.54, 1.807) is 44.7 Å². The van der Waals surface area contributed by atoms with Crippen LogP contribution in [0.1, 0.15) is 38.8 Å². The molecule has 0 spiro atoms. The third-order valence-corrected chi connectivity index (χ3v) is 6.35. The van der Waals surface area contributed by atoms with Crippen LogP contribution in [0.5, 0.6) is 23.0 Å². The number of hydrogen-bond acceptors (Lipinski definition) is 7. The summed E-state index contributed by atoms with van der Waals surface area (Å²) in [5.74, 6) is 1.26. The molecule has 0 saturated heterocycles. The van der Waals surface area contributed by atoms with Crippen molar-refractivity contribution in [3.63, 3.8) is 0 Å². The number of pyridine rings is 1. The minimum Gasteiger partial charge on any atom is -0.507 e. The van der Waals surface area contributed by atoms with Crippen LogP contribution in [0.25, 0.3) is 11.3 Å². The van der Waals surface area contributed by atoms with E-state index in [4.69, 9.17) is 14.2 Å². The molecule has 0 fully saturated rings. The molecule has 9 nitrogen and oxygen atoms in total. The maximum Gasteiger partial charge on any atom is 0.273 e. The number of ether oxygens (including phenoxy) is 3. The fraction of sp³-hybridized carbons (Fsp3) is 0.222. The summed E-state index contributed by atoms with van der Waals surface area (Å²) < 4.78 is 16.7. The van der Waals surface area contributed by atoms with Crippen LogP contribution in [0, 0.1) is 6.92 Å². The van der Waals surface area contributed by atoms with Gasteiger partial charge in [-0.2, -0.15) is 5.10 Å². The highest BCUT2D eigenvalue weighted by Gasteiger charge is 2.43. The number of phenolic OH excluding ortho intramolecular Hbond substituents is 1. The molecule has 1 amide bonds. The van der Waals surface area contributed by atoms with Crippen LogP contribution in [-0.4, -0.2) is 52.4 Å². The second kappa shape index (κ2) is 9.26. The fourth-order valence-corrected chi connectivity index (χ4v) is 4.70. The topological polar surface area (TPSA) is 110 Å². The maximum absolute atomic E-state index is 13.7. The zero-order valence-corrected chi connectivity index (χ0v) is 20.4. The Hall–Kier alpha value is -4.53. The summed E-state index contributed by atoms with van der Waals surface area (Å²) in [7, 11) is 4.64. The van der Waals surface area contributed by atoms with Crippen LogP contribution in [0.4, 0.5) is 0 Å². The van der Waals surface area contributed by atoms with Crippen molar-refractivity contribution in [2.24, 2.45) is 0 Å². The zero-order chi connectivity index (χ0) is 25.4. The predicted molar refractivity (Wildman–Crippen MR) is 132 cm³/mol. The zero-order valence-electron chi connectivity index (χ0n) is 20.4. The predicted octanol–water partition coefficient (Wildman–Crippen LogP) is 4.26. The van der Waals surface area contributed by atoms with Gasteiger partial charge in [0.15, 0.2) is 11.5 Å². The van der Waals surface area contributed by atoms with E-state index in [0.717, 1.165) is 16.7 Å². The van der Waals surface area contributed by atoms with E-state index >= 15 is 0 Å². The molecule has 0 unspecified atom stereocenters. The summed E-state index contributed by atoms with van der Waals surface area (Å²) in [6, 6.07) is 12.2. The molecular weight excluding hydrogens is 460 g/mol. The van der Waals surface area contributed by atoms with Crippen molar-refractivity contribution < 1.29 is 24.1 Å². The molecule has 1 aliphatic heterocycles. The molecule has 2 N–H and O–H groups in total. The monoisotopic (exact) mass is 486 g/mol. The Labute approximate surface area is 208 Å². The molecule has 5 rings (SSSR count). The average Bonchev–Trinajstić information content (AvgIpc) is 3.44. The number of H-pyrrole nitrogens is 1. The van der Waals surface area contributed by atoms with Gasteiger partial charge in [-0.15, -0.1) is 0 Å². The Kier molecular flexibility index (Phi) is 5.97. The summed E-state index contributed by atoms with van der Waals surface area (Å²) in [5.41, 5.74) is 4.66. The minimum absolute atomic E-state index is 0.0803. The van der Waals surface area contributed by atoms with Crippen LogP contribution in [0.3, 0.4) is 0 Å². The number of carbonyl (C=O) groups excluding carboxylic acids is 1. The lowest BCUT2D eigenvalue weighted by Gasteiger charge is -2.27. The van der Waals surface area contributed by atoms with E-state index in [1.807, 2.05) is 43.3 Å². The van der Waals surface area contributed by atoms with Crippen molar-refractivity contribution in [3.8, 4) is 34.3 Å². The number of aromatic hydroxyl groups is 1. The number of fused-ring (bicyclic) bond motifs is 1. The number of aryl methyl sites for hydroxylation is 1. The van der Waals surface area contributed by atoms with Gasteiger partial charge in [0.25, 0.3) is 5.91 Å². The molecule has 0 radical (unpaired) electrons. The first-order valence-corrected chi connectivity index (χ1v) is 11.3. The summed E-state index contributed by atoms with van der Waals surface area (Å²) in [6.07, 6.45) is 3.43. The smallest absolute Gasteiger partial charge is 0.273 e. The number of phenols is 1. The van der Waals surface area contributed by atoms with Gasteiger partial charge in [0.2, 0.25) is 5.75 Å². The number of rotatable bonds is 7. The molecule has 3 heterocycles. The molecule has 9 heteroatoms. The van der Waals surface area contributed by atoms with Gasteiger partial charge >= 0.3 is 0 Å². The van der Waals surface area contributed by atoms with Crippen molar-refractivity contribution >= 4 is 5.91 Å². The van der Waals surface area contributed by atoms with E-state index < -0.39 is 6.04 Å². The first-order valence-electron chi connectivity index (χ1n) is 11.3. The Morgan fingerprint density at radius 1 is 1.06 bits per heavy atom. The molecule has 36 heavy (non-hydrogen) atoms. The minimum atomic E-state index is -0.546. The van der Waals surface area contributed by atoms with Crippen LogP contribution in [-0.2, 0) is 6.54 Å². The maximum atomic E-state index is 13.7.